The molecular formula is C21H18ClN5O2. The van der Waals surface area contributed by atoms with Crippen LogP contribution in [-0.2, 0) is 7.05 Å². The summed E-state index contributed by atoms with van der Waals surface area (Å²) in [6, 6.07) is 12.2. The minimum absolute atomic E-state index is 0.186. The van der Waals surface area contributed by atoms with Gasteiger partial charge in [0.25, 0.3) is 5.91 Å². The van der Waals surface area contributed by atoms with E-state index in [1.54, 1.807) is 41.5 Å². The van der Waals surface area contributed by atoms with Crippen molar-refractivity contribution in [1.82, 2.24) is 25.2 Å². The summed E-state index contributed by atoms with van der Waals surface area (Å²) in [4.78, 5) is 17.1. The highest BCUT2D eigenvalue weighted by Crippen LogP contribution is 2.26. The number of halogens is 1. The summed E-state index contributed by atoms with van der Waals surface area (Å²) in [5.41, 5.74) is 3.62. The zero-order valence-electron chi connectivity index (χ0n) is 15.8. The maximum absolute atomic E-state index is 12.9. The van der Waals surface area contributed by atoms with Gasteiger partial charge < -0.3 is 9.84 Å². The van der Waals surface area contributed by atoms with Crippen LogP contribution in [0, 0.1) is 6.92 Å². The Bertz CT molecular complexity index is 1140. The average Bonchev–Trinajstić information content (AvgIpc) is 3.35. The number of amides is 1. The Labute approximate surface area is 172 Å². The summed E-state index contributed by atoms with van der Waals surface area (Å²) in [5.74, 6) is 0.135. The van der Waals surface area contributed by atoms with Gasteiger partial charge in [0.1, 0.15) is 0 Å². The minimum Gasteiger partial charge on any atom is -0.355 e. The predicted molar refractivity (Wildman–Crippen MR) is 108 cm³/mol. The van der Waals surface area contributed by atoms with Crippen LogP contribution in [0.5, 0.6) is 0 Å². The minimum atomic E-state index is -0.409. The van der Waals surface area contributed by atoms with E-state index < -0.39 is 6.04 Å². The molecule has 1 atom stereocenters. The van der Waals surface area contributed by atoms with E-state index in [1.165, 1.54) is 0 Å². The standard InChI is InChI=1S/C21H18ClN5O2/c1-13-17(12-24-27(13)2)19-10-18(26-29-19)21(28)25-20(15-4-3-9-23-11-15)14-5-7-16(22)8-6-14/h3-12,20H,1-2H3,(H,25,28)/t20-/m0/s1. The average molecular weight is 408 g/mol. The number of aromatic nitrogens is 4. The monoisotopic (exact) mass is 407 g/mol. The summed E-state index contributed by atoms with van der Waals surface area (Å²) < 4.78 is 7.11. The SMILES string of the molecule is Cc1c(-c2cc(C(=O)N[C@@H](c3ccc(Cl)cc3)c3cccnc3)no2)cnn1C. The van der Waals surface area contributed by atoms with Gasteiger partial charge >= 0.3 is 0 Å². The third kappa shape index (κ3) is 3.90. The molecule has 7 nitrogen and oxygen atoms in total. The molecule has 1 amide bonds. The topological polar surface area (TPSA) is 85.8 Å². The van der Waals surface area contributed by atoms with Gasteiger partial charge in [-0.25, -0.2) is 0 Å². The largest absolute Gasteiger partial charge is 0.355 e. The lowest BCUT2D eigenvalue weighted by atomic mass is 10.00. The van der Waals surface area contributed by atoms with Crippen LogP contribution in [0.3, 0.4) is 0 Å². The molecule has 0 unspecified atom stereocenters. The van der Waals surface area contributed by atoms with Crippen molar-refractivity contribution in [2.24, 2.45) is 7.05 Å². The van der Waals surface area contributed by atoms with Crippen LogP contribution in [0.2, 0.25) is 5.02 Å². The van der Waals surface area contributed by atoms with Gasteiger partial charge in [0, 0.05) is 36.2 Å². The molecule has 1 N–H and O–H groups in total. The molecule has 8 heteroatoms. The maximum atomic E-state index is 12.9. The normalized spacial score (nSPS) is 12.0. The molecule has 4 rings (SSSR count). The van der Waals surface area contributed by atoms with Crippen molar-refractivity contribution >= 4 is 17.5 Å². The van der Waals surface area contributed by atoms with Gasteiger partial charge in [-0.2, -0.15) is 5.10 Å². The van der Waals surface area contributed by atoms with E-state index >= 15 is 0 Å². The molecule has 4 aromatic rings. The molecule has 29 heavy (non-hydrogen) atoms. The van der Waals surface area contributed by atoms with Gasteiger partial charge in [0.15, 0.2) is 11.5 Å². The predicted octanol–water partition coefficient (Wildman–Crippen LogP) is 3.95. The van der Waals surface area contributed by atoms with E-state index in [9.17, 15) is 4.79 Å². The first kappa shape index (κ1) is 18.9. The number of hydrogen-bond acceptors (Lipinski definition) is 5. The third-order valence-corrected chi connectivity index (χ3v) is 4.99. The zero-order chi connectivity index (χ0) is 20.4. The first-order valence-electron chi connectivity index (χ1n) is 8.95. The smallest absolute Gasteiger partial charge is 0.274 e. The Hall–Kier alpha value is -3.45. The van der Waals surface area contributed by atoms with Crippen LogP contribution >= 0.6 is 11.6 Å². The summed E-state index contributed by atoms with van der Waals surface area (Å²) in [6.45, 7) is 1.92. The van der Waals surface area contributed by atoms with Gasteiger partial charge in [-0.05, 0) is 36.2 Å². The van der Waals surface area contributed by atoms with Gasteiger partial charge in [-0.1, -0.05) is 35.0 Å². The number of nitrogens with zero attached hydrogens (tertiary/aromatic N) is 4. The molecule has 0 radical (unpaired) electrons. The number of rotatable bonds is 5. The summed E-state index contributed by atoms with van der Waals surface area (Å²) >= 11 is 6.01. The van der Waals surface area contributed by atoms with E-state index in [2.05, 4.69) is 20.6 Å². The quantitative estimate of drug-likeness (QED) is 0.541. The van der Waals surface area contributed by atoms with Crippen molar-refractivity contribution in [3.05, 3.63) is 88.6 Å². The molecule has 0 aliphatic carbocycles. The summed E-state index contributed by atoms with van der Waals surface area (Å²) in [7, 11) is 1.84. The van der Waals surface area contributed by atoms with Crippen LogP contribution in [0.4, 0.5) is 0 Å². The van der Waals surface area contributed by atoms with Gasteiger partial charge in [0.2, 0.25) is 0 Å². The molecule has 0 aliphatic rings. The second-order valence-corrected chi connectivity index (χ2v) is 7.02. The maximum Gasteiger partial charge on any atom is 0.274 e. The highest BCUT2D eigenvalue weighted by Gasteiger charge is 2.22. The second-order valence-electron chi connectivity index (χ2n) is 6.59. The number of aryl methyl sites for hydroxylation is 1. The third-order valence-electron chi connectivity index (χ3n) is 4.74. The summed E-state index contributed by atoms with van der Waals surface area (Å²) in [5, 5.41) is 11.8. The van der Waals surface area contributed by atoms with Gasteiger partial charge in [-0.3, -0.25) is 14.5 Å². The first-order valence-corrected chi connectivity index (χ1v) is 9.32. The first-order chi connectivity index (χ1) is 14.0. The molecule has 146 valence electrons. The van der Waals surface area contributed by atoms with Gasteiger partial charge in [0.05, 0.1) is 17.8 Å². The molecule has 0 bridgehead atoms. The molecule has 3 aromatic heterocycles. The van der Waals surface area contributed by atoms with Crippen molar-refractivity contribution in [2.45, 2.75) is 13.0 Å². The molecule has 3 heterocycles. The Kier molecular flexibility index (Phi) is 5.14. The van der Waals surface area contributed by atoms with Crippen LogP contribution in [-0.4, -0.2) is 25.8 Å². The van der Waals surface area contributed by atoms with Crippen molar-refractivity contribution in [3.63, 3.8) is 0 Å². The fraction of sp³-hybridized carbons (Fsp3) is 0.143. The Morgan fingerprint density at radius 3 is 2.62 bits per heavy atom. The van der Waals surface area contributed by atoms with Crippen LogP contribution in [0.1, 0.15) is 33.4 Å². The van der Waals surface area contributed by atoms with Crippen molar-refractivity contribution in [3.8, 4) is 11.3 Å². The molecule has 0 saturated carbocycles. The Morgan fingerprint density at radius 1 is 1.17 bits per heavy atom. The van der Waals surface area contributed by atoms with Crippen LogP contribution < -0.4 is 5.32 Å². The second kappa shape index (κ2) is 7.89. The lowest BCUT2D eigenvalue weighted by molar-refractivity contribution is 0.0934. The number of benzene rings is 1. The fourth-order valence-corrected chi connectivity index (χ4v) is 3.14. The summed E-state index contributed by atoms with van der Waals surface area (Å²) in [6.07, 6.45) is 5.08. The van der Waals surface area contributed by atoms with Crippen molar-refractivity contribution in [1.29, 1.82) is 0 Å². The number of carbonyl (C=O) groups excluding carboxylic acids is 1. The van der Waals surface area contributed by atoms with E-state index in [0.29, 0.717) is 10.8 Å². The molecule has 0 spiro atoms. The van der Waals surface area contributed by atoms with E-state index in [1.807, 2.05) is 38.2 Å². The fourth-order valence-electron chi connectivity index (χ4n) is 3.02. The van der Waals surface area contributed by atoms with Crippen molar-refractivity contribution in [2.75, 3.05) is 0 Å². The van der Waals surface area contributed by atoms with Gasteiger partial charge in [-0.15, -0.1) is 0 Å². The van der Waals surface area contributed by atoms with E-state index in [0.717, 1.165) is 22.4 Å². The number of nitrogens with one attached hydrogen (secondary N) is 1. The lowest BCUT2D eigenvalue weighted by Gasteiger charge is -2.19. The number of pyridine rings is 1. The Morgan fingerprint density at radius 2 is 1.97 bits per heavy atom. The number of carbonyl (C=O) groups is 1. The molecule has 0 fully saturated rings. The highest BCUT2D eigenvalue weighted by molar-refractivity contribution is 6.30. The molecule has 1 aromatic carbocycles. The van der Waals surface area contributed by atoms with E-state index in [4.69, 9.17) is 16.1 Å². The molecular weight excluding hydrogens is 390 g/mol. The highest BCUT2D eigenvalue weighted by atomic mass is 35.5. The number of hydrogen-bond donors (Lipinski definition) is 1. The van der Waals surface area contributed by atoms with Crippen LogP contribution in [0.15, 0.2) is 65.6 Å². The lowest BCUT2D eigenvalue weighted by Crippen LogP contribution is -2.29. The molecule has 0 aliphatic heterocycles. The van der Waals surface area contributed by atoms with E-state index in [-0.39, 0.29) is 11.6 Å². The zero-order valence-corrected chi connectivity index (χ0v) is 16.6. The molecule has 0 saturated heterocycles. The Balaban J connectivity index is 1.62. The van der Waals surface area contributed by atoms with Crippen molar-refractivity contribution < 1.29 is 9.32 Å². The van der Waals surface area contributed by atoms with Crippen LogP contribution in [0.25, 0.3) is 11.3 Å².